The molecule has 7 nitrogen and oxygen atoms in total. The zero-order valence-electron chi connectivity index (χ0n) is 12.8. The van der Waals surface area contributed by atoms with E-state index in [2.05, 4.69) is 10.2 Å². The summed E-state index contributed by atoms with van der Waals surface area (Å²) in [6.07, 6.45) is 4.12. The number of halogens is 2. The molecule has 0 spiro atoms. The lowest BCUT2D eigenvalue weighted by molar-refractivity contribution is 0.454. The van der Waals surface area contributed by atoms with Gasteiger partial charge < -0.3 is 4.74 Å². The van der Waals surface area contributed by atoms with Crippen molar-refractivity contribution >= 4 is 23.2 Å². The number of aromatic nitrogens is 4. The van der Waals surface area contributed by atoms with Crippen LogP contribution in [-0.4, -0.2) is 19.6 Å². The molecule has 0 aliphatic rings. The van der Waals surface area contributed by atoms with Crippen LogP contribution in [0.3, 0.4) is 0 Å². The van der Waals surface area contributed by atoms with E-state index in [1.165, 1.54) is 21.8 Å². The summed E-state index contributed by atoms with van der Waals surface area (Å²) >= 11 is 12.0. The third kappa shape index (κ3) is 3.73. The van der Waals surface area contributed by atoms with Crippen LogP contribution in [0.25, 0.3) is 0 Å². The van der Waals surface area contributed by atoms with Gasteiger partial charge in [-0.25, -0.2) is 9.36 Å². The topological polar surface area (TPSA) is 79.0 Å². The molecule has 0 bridgehead atoms. The summed E-state index contributed by atoms with van der Waals surface area (Å²) < 4.78 is 7.94. The summed E-state index contributed by atoms with van der Waals surface area (Å²) in [5.41, 5.74) is -0.927. The number of rotatable bonds is 6. The molecule has 124 valence electrons. The Morgan fingerprint density at radius 2 is 1.30 bits per heavy atom. The Morgan fingerprint density at radius 1 is 0.913 bits per heavy atom. The molecule has 0 amide bonds. The maximum atomic E-state index is 12.0. The van der Waals surface area contributed by atoms with Crippen molar-refractivity contribution in [2.24, 2.45) is 0 Å². The first-order chi connectivity index (χ1) is 11.0. The maximum absolute atomic E-state index is 12.0. The van der Waals surface area contributed by atoms with E-state index in [9.17, 15) is 9.59 Å². The molecule has 2 aromatic heterocycles. The van der Waals surface area contributed by atoms with Gasteiger partial charge in [-0.1, -0.05) is 37.0 Å². The van der Waals surface area contributed by atoms with Crippen LogP contribution in [0.5, 0.6) is 11.5 Å². The van der Waals surface area contributed by atoms with Crippen LogP contribution in [0, 0.1) is 0 Å². The van der Waals surface area contributed by atoms with Crippen LogP contribution in [0.1, 0.15) is 26.7 Å². The number of aryl methyl sites for hydroxylation is 2. The van der Waals surface area contributed by atoms with E-state index in [4.69, 9.17) is 27.9 Å². The molecule has 23 heavy (non-hydrogen) atoms. The predicted molar refractivity (Wildman–Crippen MR) is 87.7 cm³/mol. The number of hydrogen-bond donors (Lipinski definition) is 0. The molecule has 9 heteroatoms. The molecular weight excluding hydrogens is 343 g/mol. The highest BCUT2D eigenvalue weighted by molar-refractivity contribution is 6.32. The molecule has 2 aromatic rings. The van der Waals surface area contributed by atoms with Gasteiger partial charge in [-0.2, -0.15) is 10.2 Å². The van der Waals surface area contributed by atoms with Crippen LogP contribution in [0.15, 0.2) is 22.0 Å². The maximum Gasteiger partial charge on any atom is 0.289 e. The van der Waals surface area contributed by atoms with E-state index in [-0.39, 0.29) is 21.5 Å². The first kappa shape index (κ1) is 17.5. The number of ether oxygens (including phenoxy) is 1. The van der Waals surface area contributed by atoms with Crippen molar-refractivity contribution < 1.29 is 4.74 Å². The average Bonchev–Trinajstić information content (AvgIpc) is 2.54. The summed E-state index contributed by atoms with van der Waals surface area (Å²) in [5, 5.41) is 7.70. The highest BCUT2D eigenvalue weighted by Gasteiger charge is 2.15. The predicted octanol–water partition coefficient (Wildman–Crippen LogP) is 2.72. The smallest absolute Gasteiger partial charge is 0.289 e. The Kier molecular flexibility index (Phi) is 5.79. The molecule has 0 atom stereocenters. The summed E-state index contributed by atoms with van der Waals surface area (Å²) in [5.74, 6) is 0.0562. The second-order valence-corrected chi connectivity index (χ2v) is 5.56. The van der Waals surface area contributed by atoms with Gasteiger partial charge in [0.25, 0.3) is 11.1 Å². The first-order valence-corrected chi connectivity index (χ1v) is 7.94. The quantitative estimate of drug-likeness (QED) is 0.792. The van der Waals surface area contributed by atoms with E-state index < -0.39 is 11.1 Å². The van der Waals surface area contributed by atoms with Gasteiger partial charge >= 0.3 is 0 Å². The fourth-order valence-corrected chi connectivity index (χ4v) is 2.27. The molecular formula is C14H16Cl2N4O3. The second kappa shape index (κ2) is 7.61. The van der Waals surface area contributed by atoms with Crippen molar-refractivity contribution in [1.82, 2.24) is 19.6 Å². The van der Waals surface area contributed by atoms with Crippen molar-refractivity contribution in [3.05, 3.63) is 43.1 Å². The highest BCUT2D eigenvalue weighted by Crippen LogP contribution is 2.28. The third-order valence-corrected chi connectivity index (χ3v) is 3.69. The number of nitrogens with zero attached hydrogens (tertiary/aromatic N) is 4. The first-order valence-electron chi connectivity index (χ1n) is 7.18. The zero-order chi connectivity index (χ0) is 17.0. The van der Waals surface area contributed by atoms with Gasteiger partial charge in [0, 0.05) is 13.1 Å². The lowest BCUT2D eigenvalue weighted by Gasteiger charge is -2.11. The van der Waals surface area contributed by atoms with Crippen LogP contribution in [0.4, 0.5) is 0 Å². The Balaban J connectivity index is 2.37. The number of hydrogen-bond acceptors (Lipinski definition) is 5. The minimum Gasteiger partial charge on any atom is -0.450 e. The molecule has 0 saturated carbocycles. The van der Waals surface area contributed by atoms with Crippen LogP contribution < -0.4 is 15.9 Å². The average molecular weight is 359 g/mol. The van der Waals surface area contributed by atoms with Gasteiger partial charge in [0.1, 0.15) is 0 Å². The van der Waals surface area contributed by atoms with Crippen LogP contribution in [-0.2, 0) is 13.1 Å². The van der Waals surface area contributed by atoms with E-state index in [1.54, 1.807) is 0 Å². The molecule has 0 radical (unpaired) electrons. The molecule has 0 unspecified atom stereocenters. The van der Waals surface area contributed by atoms with Gasteiger partial charge in [-0.3, -0.25) is 9.59 Å². The SMILES string of the molecule is CCCn1ncc(Oc2cnn(CCC)c(=O)c2Cl)c(Cl)c1=O. The molecule has 0 aliphatic heterocycles. The van der Waals surface area contributed by atoms with Gasteiger partial charge in [-0.05, 0) is 12.8 Å². The Labute approximate surface area is 142 Å². The van der Waals surface area contributed by atoms with Gasteiger partial charge in [0.05, 0.1) is 12.4 Å². The van der Waals surface area contributed by atoms with E-state index >= 15 is 0 Å². The fraction of sp³-hybridized carbons (Fsp3) is 0.429. The third-order valence-electron chi connectivity index (χ3n) is 3.00. The van der Waals surface area contributed by atoms with Crippen LogP contribution in [0.2, 0.25) is 10.0 Å². The molecule has 0 saturated heterocycles. The van der Waals surface area contributed by atoms with Gasteiger partial charge in [-0.15, -0.1) is 0 Å². The molecule has 2 rings (SSSR count). The molecule has 2 heterocycles. The van der Waals surface area contributed by atoms with Crippen LogP contribution >= 0.6 is 23.2 Å². The molecule has 0 fully saturated rings. The fourth-order valence-electron chi connectivity index (χ4n) is 1.90. The highest BCUT2D eigenvalue weighted by atomic mass is 35.5. The molecule has 0 aromatic carbocycles. The minimum absolute atomic E-state index is 0.0281. The summed E-state index contributed by atoms with van der Waals surface area (Å²) in [7, 11) is 0. The molecule has 0 N–H and O–H groups in total. The standard InChI is InChI=1S/C14H16Cl2N4O3/c1-3-5-19-13(21)11(15)9(7-17-19)23-10-8-18-20(6-4-2)14(22)12(10)16/h7-8H,3-6H2,1-2H3. The lowest BCUT2D eigenvalue weighted by Crippen LogP contribution is -2.24. The van der Waals surface area contributed by atoms with Crippen molar-refractivity contribution in [1.29, 1.82) is 0 Å². The van der Waals surface area contributed by atoms with E-state index in [1.807, 2.05) is 13.8 Å². The minimum atomic E-state index is -0.463. The molecule has 0 aliphatic carbocycles. The van der Waals surface area contributed by atoms with Crippen molar-refractivity contribution in [3.8, 4) is 11.5 Å². The summed E-state index contributed by atoms with van der Waals surface area (Å²) in [6, 6.07) is 0. The van der Waals surface area contributed by atoms with Gasteiger partial charge in [0.2, 0.25) is 0 Å². The summed E-state index contributed by atoms with van der Waals surface area (Å²) in [6.45, 7) is 4.74. The summed E-state index contributed by atoms with van der Waals surface area (Å²) in [4.78, 5) is 24.1. The Hall–Kier alpha value is -1.86. The Morgan fingerprint density at radius 3 is 1.65 bits per heavy atom. The monoisotopic (exact) mass is 358 g/mol. The second-order valence-electron chi connectivity index (χ2n) is 4.80. The largest absolute Gasteiger partial charge is 0.450 e. The van der Waals surface area contributed by atoms with E-state index in [0.29, 0.717) is 13.1 Å². The van der Waals surface area contributed by atoms with E-state index in [0.717, 1.165) is 12.8 Å². The van der Waals surface area contributed by atoms with Crippen molar-refractivity contribution in [3.63, 3.8) is 0 Å². The van der Waals surface area contributed by atoms with Crippen molar-refractivity contribution in [2.75, 3.05) is 0 Å². The zero-order valence-corrected chi connectivity index (χ0v) is 14.3. The van der Waals surface area contributed by atoms with Gasteiger partial charge in [0.15, 0.2) is 21.5 Å². The van der Waals surface area contributed by atoms with Crippen molar-refractivity contribution in [2.45, 2.75) is 39.8 Å². The lowest BCUT2D eigenvalue weighted by atomic mass is 10.4. The Bertz CT molecular complexity index is 749. The normalized spacial score (nSPS) is 10.8.